The number of aliphatic imine (C=N–C) groups is 1. The predicted molar refractivity (Wildman–Crippen MR) is 116 cm³/mol. The molecule has 2 aromatic heterocycles. The van der Waals surface area contributed by atoms with Gasteiger partial charge in [0.15, 0.2) is 5.96 Å². The molecule has 0 saturated heterocycles. The number of aryl methyl sites for hydroxylation is 1. The highest BCUT2D eigenvalue weighted by Gasteiger charge is 2.03. The quantitative estimate of drug-likeness (QED) is 0.255. The summed E-state index contributed by atoms with van der Waals surface area (Å²) in [6.07, 6.45) is 5.30. The number of halogens is 1. The monoisotopic (exact) mass is 469 g/mol. The fourth-order valence-electron chi connectivity index (χ4n) is 2.28. The van der Waals surface area contributed by atoms with Crippen molar-refractivity contribution in [2.75, 3.05) is 19.6 Å². The number of aromatic nitrogens is 4. The zero-order chi connectivity index (χ0) is 17.9. The molecule has 2 rings (SSSR count). The maximum atomic E-state index is 4.55. The lowest BCUT2D eigenvalue weighted by Gasteiger charge is -2.13. The van der Waals surface area contributed by atoms with Gasteiger partial charge in [0.05, 0.1) is 6.54 Å². The van der Waals surface area contributed by atoms with Crippen LogP contribution in [0.15, 0.2) is 47.9 Å². The molecule has 0 amide bonds. The van der Waals surface area contributed by atoms with Gasteiger partial charge >= 0.3 is 0 Å². The summed E-state index contributed by atoms with van der Waals surface area (Å²) in [4.78, 5) is 8.88. The molecular formula is C18H28IN7. The molecule has 0 radical (unpaired) electrons. The van der Waals surface area contributed by atoms with Gasteiger partial charge in [-0.1, -0.05) is 25.1 Å². The zero-order valence-corrected chi connectivity index (χ0v) is 17.8. The van der Waals surface area contributed by atoms with Crippen molar-refractivity contribution in [1.29, 1.82) is 0 Å². The minimum absolute atomic E-state index is 0. The summed E-state index contributed by atoms with van der Waals surface area (Å²) >= 11 is 0. The molecule has 0 fully saturated rings. The van der Waals surface area contributed by atoms with Crippen LogP contribution < -0.4 is 10.6 Å². The van der Waals surface area contributed by atoms with E-state index < -0.39 is 0 Å². The normalized spacial score (nSPS) is 10.9. The average molecular weight is 469 g/mol. The molecule has 0 aliphatic heterocycles. The lowest BCUT2D eigenvalue weighted by Crippen LogP contribution is -2.40. The van der Waals surface area contributed by atoms with Crippen molar-refractivity contribution >= 4 is 29.9 Å². The van der Waals surface area contributed by atoms with E-state index in [0.29, 0.717) is 6.54 Å². The molecule has 0 saturated carbocycles. The van der Waals surface area contributed by atoms with Gasteiger partial charge in [-0.2, -0.15) is 0 Å². The van der Waals surface area contributed by atoms with E-state index in [1.807, 2.05) is 31.3 Å². The van der Waals surface area contributed by atoms with E-state index in [2.05, 4.69) is 48.9 Å². The number of nitrogens with one attached hydrogen (secondary N) is 2. The van der Waals surface area contributed by atoms with Crippen LogP contribution in [-0.4, -0.2) is 45.3 Å². The lowest BCUT2D eigenvalue weighted by molar-refractivity contribution is 0.631. The smallest absolute Gasteiger partial charge is 0.191 e. The van der Waals surface area contributed by atoms with Gasteiger partial charge in [-0.3, -0.25) is 4.98 Å². The first kappa shape index (κ1) is 22.1. The van der Waals surface area contributed by atoms with Crippen molar-refractivity contribution < 1.29 is 0 Å². The summed E-state index contributed by atoms with van der Waals surface area (Å²) in [5.41, 5.74) is 2.09. The third-order valence-electron chi connectivity index (χ3n) is 3.56. The van der Waals surface area contributed by atoms with Crippen LogP contribution in [0.2, 0.25) is 0 Å². The molecule has 0 atom stereocenters. The van der Waals surface area contributed by atoms with Crippen LogP contribution >= 0.6 is 24.0 Å². The summed E-state index contributed by atoms with van der Waals surface area (Å²) in [7, 11) is 0. The molecule has 142 valence electrons. The van der Waals surface area contributed by atoms with Crippen molar-refractivity contribution in [3.05, 3.63) is 54.4 Å². The number of rotatable bonds is 9. The molecule has 8 heteroatoms. The molecule has 2 aromatic rings. The summed E-state index contributed by atoms with van der Waals surface area (Å²) in [5.74, 6) is 1.77. The highest BCUT2D eigenvalue weighted by atomic mass is 127. The molecule has 26 heavy (non-hydrogen) atoms. The molecular weight excluding hydrogens is 441 g/mol. The van der Waals surface area contributed by atoms with Crippen LogP contribution in [0.1, 0.15) is 25.4 Å². The molecule has 0 aromatic carbocycles. The Labute approximate surface area is 172 Å². The van der Waals surface area contributed by atoms with E-state index in [4.69, 9.17) is 0 Å². The van der Waals surface area contributed by atoms with E-state index in [0.717, 1.165) is 55.5 Å². The van der Waals surface area contributed by atoms with Gasteiger partial charge in [0.1, 0.15) is 12.2 Å². The molecule has 0 bridgehead atoms. The van der Waals surface area contributed by atoms with Crippen LogP contribution in [0.3, 0.4) is 0 Å². The van der Waals surface area contributed by atoms with Crippen LogP contribution in [0.25, 0.3) is 0 Å². The Balaban J connectivity index is 0.00000338. The van der Waals surface area contributed by atoms with Gasteiger partial charge in [-0.25, -0.2) is 4.99 Å². The van der Waals surface area contributed by atoms with E-state index in [1.165, 1.54) is 0 Å². The molecule has 0 aliphatic carbocycles. The Kier molecular flexibility index (Phi) is 10.5. The summed E-state index contributed by atoms with van der Waals surface area (Å²) in [5, 5.41) is 14.8. The number of hydrogen-bond donors (Lipinski definition) is 2. The van der Waals surface area contributed by atoms with Crippen LogP contribution in [0.5, 0.6) is 0 Å². The average Bonchev–Trinajstić information content (AvgIpc) is 3.07. The Bertz CT molecular complexity index is 682. The second-order valence-electron chi connectivity index (χ2n) is 5.84. The maximum absolute atomic E-state index is 4.55. The Hall–Kier alpha value is -1.97. The zero-order valence-electron chi connectivity index (χ0n) is 15.5. The van der Waals surface area contributed by atoms with Gasteiger partial charge in [0, 0.05) is 44.4 Å². The highest BCUT2D eigenvalue weighted by Crippen LogP contribution is 1.96. The largest absolute Gasteiger partial charge is 0.356 e. The second kappa shape index (κ2) is 12.4. The van der Waals surface area contributed by atoms with Crippen LogP contribution in [0.4, 0.5) is 0 Å². The maximum Gasteiger partial charge on any atom is 0.191 e. The number of guanidine groups is 1. The first-order chi connectivity index (χ1) is 12.2. The number of hydrogen-bond acceptors (Lipinski definition) is 4. The first-order valence-electron chi connectivity index (χ1n) is 8.62. The molecule has 2 N–H and O–H groups in total. The topological polar surface area (TPSA) is 80.0 Å². The third kappa shape index (κ3) is 7.94. The Morgan fingerprint density at radius 3 is 2.77 bits per heavy atom. The van der Waals surface area contributed by atoms with Gasteiger partial charge in [0.2, 0.25) is 0 Å². The van der Waals surface area contributed by atoms with E-state index in [-0.39, 0.29) is 24.0 Å². The molecule has 0 unspecified atom stereocenters. The fraction of sp³-hybridized carbons (Fsp3) is 0.444. The fourth-order valence-corrected chi connectivity index (χ4v) is 2.28. The first-order valence-corrected chi connectivity index (χ1v) is 8.62. The lowest BCUT2D eigenvalue weighted by atomic mass is 10.3. The van der Waals surface area contributed by atoms with Crippen molar-refractivity contribution in [1.82, 2.24) is 30.4 Å². The van der Waals surface area contributed by atoms with Crippen LogP contribution in [-0.2, 0) is 19.4 Å². The Morgan fingerprint density at radius 1 is 1.27 bits per heavy atom. The molecule has 7 nitrogen and oxygen atoms in total. The number of pyridine rings is 1. The van der Waals surface area contributed by atoms with Crippen molar-refractivity contribution in [3.63, 3.8) is 0 Å². The molecule has 2 heterocycles. The van der Waals surface area contributed by atoms with Gasteiger partial charge in [-0.15, -0.1) is 34.2 Å². The summed E-state index contributed by atoms with van der Waals surface area (Å²) < 4.78 is 2.05. The van der Waals surface area contributed by atoms with Gasteiger partial charge < -0.3 is 15.2 Å². The minimum Gasteiger partial charge on any atom is -0.356 e. The van der Waals surface area contributed by atoms with Crippen molar-refractivity contribution in [2.45, 2.75) is 33.2 Å². The summed E-state index contributed by atoms with van der Waals surface area (Å²) in [6.45, 7) is 10.9. The third-order valence-corrected chi connectivity index (χ3v) is 3.56. The van der Waals surface area contributed by atoms with Crippen LogP contribution in [0, 0.1) is 0 Å². The van der Waals surface area contributed by atoms with Crippen molar-refractivity contribution in [2.24, 2.45) is 4.99 Å². The second-order valence-corrected chi connectivity index (χ2v) is 5.84. The predicted octanol–water partition coefficient (Wildman–Crippen LogP) is 2.21. The number of nitrogens with zero attached hydrogens (tertiary/aromatic N) is 5. The minimum atomic E-state index is 0. The Morgan fingerprint density at radius 2 is 2.08 bits per heavy atom. The van der Waals surface area contributed by atoms with Gasteiger partial charge in [0.25, 0.3) is 0 Å². The van der Waals surface area contributed by atoms with E-state index in [9.17, 15) is 0 Å². The SMILES string of the molecule is C=C(C)CN=C(NCCc1ccccn1)NCCn1cnnc1CC.I. The van der Waals surface area contributed by atoms with Crippen molar-refractivity contribution in [3.8, 4) is 0 Å². The molecule has 0 spiro atoms. The molecule has 0 aliphatic rings. The van der Waals surface area contributed by atoms with Gasteiger partial charge in [-0.05, 0) is 19.1 Å². The van der Waals surface area contributed by atoms with E-state index >= 15 is 0 Å². The highest BCUT2D eigenvalue weighted by molar-refractivity contribution is 14.0. The standard InChI is InChI=1S/C18H27N7.HI/c1-4-17-24-23-14-25(17)12-11-21-18(22-13-15(2)3)20-10-8-16-7-5-6-9-19-16;/h5-7,9,14H,2,4,8,10-13H2,1,3H3,(H2,20,21,22);1H. The summed E-state index contributed by atoms with van der Waals surface area (Å²) in [6, 6.07) is 5.95. The van der Waals surface area contributed by atoms with E-state index in [1.54, 1.807) is 6.33 Å².